The van der Waals surface area contributed by atoms with Crippen LogP contribution >= 0.6 is 11.3 Å². The van der Waals surface area contributed by atoms with Crippen molar-refractivity contribution in [3.8, 4) is 11.3 Å². The molecule has 0 radical (unpaired) electrons. The van der Waals surface area contributed by atoms with Crippen molar-refractivity contribution in [2.24, 2.45) is 0 Å². The van der Waals surface area contributed by atoms with Gasteiger partial charge in [0.25, 0.3) is 0 Å². The van der Waals surface area contributed by atoms with Gasteiger partial charge in [0.2, 0.25) is 0 Å². The highest BCUT2D eigenvalue weighted by atomic mass is 32.1. The summed E-state index contributed by atoms with van der Waals surface area (Å²) in [6, 6.07) is 10.0. The third-order valence-corrected chi connectivity index (χ3v) is 5.97. The van der Waals surface area contributed by atoms with E-state index >= 15 is 0 Å². The quantitative estimate of drug-likeness (QED) is 0.369. The van der Waals surface area contributed by atoms with Crippen LogP contribution in [0.15, 0.2) is 30.3 Å². The van der Waals surface area contributed by atoms with Crippen molar-refractivity contribution < 1.29 is 0 Å². The molecule has 1 aliphatic carbocycles. The molecule has 0 fully saturated rings. The van der Waals surface area contributed by atoms with Gasteiger partial charge in [-0.05, 0) is 54.7 Å². The van der Waals surface area contributed by atoms with Crippen LogP contribution in [-0.4, -0.2) is 16.2 Å². The molecular formula is C20H17N5S. The average Bonchev–Trinajstić information content (AvgIpc) is 3.26. The minimum atomic E-state index is 0.583. The van der Waals surface area contributed by atoms with Gasteiger partial charge in [-0.3, -0.25) is 0 Å². The molecule has 5 N–H and O–H groups in total. The van der Waals surface area contributed by atoms with Gasteiger partial charge in [0, 0.05) is 28.4 Å². The molecule has 0 spiro atoms. The number of benzene rings is 2. The highest BCUT2D eigenvalue weighted by Gasteiger charge is 2.23. The number of nitrogens with two attached hydrogens (primary N) is 2. The molecule has 2 heterocycles. The number of nitrogens with zero attached hydrogens (tertiary/aromatic N) is 2. The molecule has 0 aliphatic heterocycles. The van der Waals surface area contributed by atoms with Gasteiger partial charge < -0.3 is 16.9 Å². The first-order chi connectivity index (χ1) is 12.7. The Hall–Kier alpha value is -2.99. The Labute approximate surface area is 154 Å². The van der Waals surface area contributed by atoms with E-state index in [1.807, 2.05) is 18.2 Å². The molecule has 2 aromatic heterocycles. The molecule has 2 aromatic carbocycles. The molecule has 6 heteroatoms. The highest BCUT2D eigenvalue weighted by Crippen LogP contribution is 2.39. The molecule has 0 bridgehead atoms. The van der Waals surface area contributed by atoms with E-state index in [0.29, 0.717) is 10.8 Å². The summed E-state index contributed by atoms with van der Waals surface area (Å²) in [5, 5.41) is 9.41. The van der Waals surface area contributed by atoms with E-state index < -0.39 is 0 Å². The maximum Gasteiger partial charge on any atom is 0.181 e. The molecule has 0 amide bonds. The molecule has 4 aromatic rings. The van der Waals surface area contributed by atoms with E-state index in [-0.39, 0.29) is 0 Å². The van der Waals surface area contributed by atoms with Crippen molar-refractivity contribution in [1.29, 1.82) is 5.41 Å². The summed E-state index contributed by atoms with van der Waals surface area (Å²) in [6.07, 6.45) is 4.46. The van der Waals surface area contributed by atoms with Crippen LogP contribution in [0.1, 0.15) is 23.1 Å². The Kier molecular flexibility index (Phi) is 3.24. The summed E-state index contributed by atoms with van der Waals surface area (Å²) in [5.41, 5.74) is 19.9. The zero-order valence-corrected chi connectivity index (χ0v) is 14.9. The lowest BCUT2D eigenvalue weighted by Crippen LogP contribution is -2.01. The molecule has 128 valence electrons. The summed E-state index contributed by atoms with van der Waals surface area (Å²) >= 11 is 1.50. The van der Waals surface area contributed by atoms with Gasteiger partial charge in [-0.25, -0.2) is 9.97 Å². The second-order valence-corrected chi connectivity index (χ2v) is 7.67. The first-order valence-electron chi connectivity index (χ1n) is 8.56. The molecule has 0 unspecified atom stereocenters. The zero-order valence-electron chi connectivity index (χ0n) is 14.0. The Morgan fingerprint density at radius 3 is 2.65 bits per heavy atom. The minimum absolute atomic E-state index is 0.583. The summed E-state index contributed by atoms with van der Waals surface area (Å²) in [6.45, 7) is 0. The predicted octanol–water partition coefficient (Wildman–Crippen LogP) is 4.16. The first-order valence-corrected chi connectivity index (χ1v) is 9.38. The fourth-order valence-corrected chi connectivity index (χ4v) is 4.76. The lowest BCUT2D eigenvalue weighted by Gasteiger charge is -2.14. The van der Waals surface area contributed by atoms with Crippen LogP contribution < -0.4 is 11.5 Å². The number of nitrogen functional groups attached to an aromatic ring is 2. The number of fused-ring (bicyclic) bond motifs is 4. The van der Waals surface area contributed by atoms with Crippen molar-refractivity contribution in [3.63, 3.8) is 0 Å². The lowest BCUT2D eigenvalue weighted by molar-refractivity contribution is 0.913. The Bertz CT molecular complexity index is 1210. The summed E-state index contributed by atoms with van der Waals surface area (Å²) < 4.78 is 1.08. The van der Waals surface area contributed by atoms with E-state index in [4.69, 9.17) is 21.9 Å². The minimum Gasteiger partial charge on any atom is -0.398 e. The van der Waals surface area contributed by atoms with Crippen molar-refractivity contribution >= 4 is 49.5 Å². The molecular weight excluding hydrogens is 342 g/mol. The topological polar surface area (TPSA) is 102 Å². The average molecular weight is 359 g/mol. The number of nitrogens with one attached hydrogen (secondary N) is 1. The van der Waals surface area contributed by atoms with E-state index in [1.54, 1.807) is 0 Å². The molecule has 1 aliphatic rings. The van der Waals surface area contributed by atoms with Crippen LogP contribution in [0.25, 0.3) is 32.4 Å². The number of thiazole rings is 1. The maximum atomic E-state index is 7.79. The SMILES string of the molecule is N=Cc1c(N)ccc2nc(-c3ccc4nc(N)sc4c3)c3c(c12)CCC3. The second kappa shape index (κ2) is 5.51. The summed E-state index contributed by atoms with van der Waals surface area (Å²) in [7, 11) is 0. The Morgan fingerprint density at radius 2 is 1.81 bits per heavy atom. The standard InChI is InChI=1S/C20H17N5S/c21-9-13-14(22)5-7-16-18(13)11-2-1-3-12(11)19(24-16)10-4-6-15-17(8-10)26-20(23)25-15/h4-9,21H,1-3,22H2,(H2,23,25). The van der Waals surface area contributed by atoms with Crippen LogP contribution in [0.3, 0.4) is 0 Å². The molecule has 5 rings (SSSR count). The zero-order chi connectivity index (χ0) is 17.8. The highest BCUT2D eigenvalue weighted by molar-refractivity contribution is 7.22. The van der Waals surface area contributed by atoms with Gasteiger partial charge in [0.05, 0.1) is 21.4 Å². The maximum absolute atomic E-state index is 7.79. The largest absolute Gasteiger partial charge is 0.398 e. The Balaban J connectivity index is 1.83. The number of anilines is 2. The normalized spacial score (nSPS) is 13.4. The fraction of sp³-hybridized carbons (Fsp3) is 0.150. The van der Waals surface area contributed by atoms with Crippen molar-refractivity contribution in [1.82, 2.24) is 9.97 Å². The van der Waals surface area contributed by atoms with E-state index in [1.165, 1.54) is 28.7 Å². The Morgan fingerprint density at radius 1 is 1.00 bits per heavy atom. The lowest BCUT2D eigenvalue weighted by atomic mass is 9.95. The van der Waals surface area contributed by atoms with Gasteiger partial charge in [-0.2, -0.15) is 0 Å². The second-order valence-electron chi connectivity index (χ2n) is 6.61. The number of aromatic nitrogens is 2. The van der Waals surface area contributed by atoms with Crippen molar-refractivity contribution in [2.45, 2.75) is 19.3 Å². The summed E-state index contributed by atoms with van der Waals surface area (Å²) in [5.74, 6) is 0. The number of hydrogen-bond donors (Lipinski definition) is 3. The third kappa shape index (κ3) is 2.12. The smallest absolute Gasteiger partial charge is 0.181 e. The van der Waals surface area contributed by atoms with Gasteiger partial charge in [-0.15, -0.1) is 0 Å². The van der Waals surface area contributed by atoms with E-state index in [2.05, 4.69) is 17.1 Å². The first kappa shape index (κ1) is 15.3. The molecule has 26 heavy (non-hydrogen) atoms. The molecule has 5 nitrogen and oxygen atoms in total. The van der Waals surface area contributed by atoms with Crippen LogP contribution in [0.2, 0.25) is 0 Å². The van der Waals surface area contributed by atoms with E-state index in [0.717, 1.165) is 57.2 Å². The van der Waals surface area contributed by atoms with Crippen molar-refractivity contribution in [2.75, 3.05) is 11.5 Å². The molecule has 0 saturated carbocycles. The van der Waals surface area contributed by atoms with Gasteiger partial charge in [-0.1, -0.05) is 17.4 Å². The number of rotatable bonds is 2. The number of pyridine rings is 1. The third-order valence-electron chi connectivity index (χ3n) is 5.12. The number of aryl methyl sites for hydroxylation is 1. The summed E-state index contributed by atoms with van der Waals surface area (Å²) in [4.78, 5) is 9.31. The van der Waals surface area contributed by atoms with E-state index in [9.17, 15) is 0 Å². The van der Waals surface area contributed by atoms with Crippen LogP contribution in [0.5, 0.6) is 0 Å². The molecule has 0 saturated heterocycles. The van der Waals surface area contributed by atoms with Gasteiger partial charge >= 0.3 is 0 Å². The number of hydrogen-bond acceptors (Lipinski definition) is 6. The van der Waals surface area contributed by atoms with Gasteiger partial charge in [0.1, 0.15) is 0 Å². The monoisotopic (exact) mass is 359 g/mol. The van der Waals surface area contributed by atoms with Crippen LogP contribution in [0.4, 0.5) is 10.8 Å². The molecule has 0 atom stereocenters. The van der Waals surface area contributed by atoms with Crippen LogP contribution in [-0.2, 0) is 12.8 Å². The van der Waals surface area contributed by atoms with Gasteiger partial charge in [0.15, 0.2) is 5.13 Å². The van der Waals surface area contributed by atoms with Crippen LogP contribution in [0, 0.1) is 5.41 Å². The predicted molar refractivity (Wildman–Crippen MR) is 109 cm³/mol. The fourth-order valence-electron chi connectivity index (χ4n) is 3.99. The van der Waals surface area contributed by atoms with Crippen molar-refractivity contribution in [3.05, 3.63) is 47.0 Å².